The van der Waals surface area contributed by atoms with E-state index in [0.29, 0.717) is 13.1 Å². The molecule has 6 heteroatoms. The molecule has 1 N–H and O–H groups in total. The molecule has 2 amide bonds. The van der Waals surface area contributed by atoms with Crippen LogP contribution in [-0.4, -0.2) is 84.9 Å². The molecule has 0 aromatic carbocycles. The Morgan fingerprint density at radius 3 is 2.28 bits per heavy atom. The molecule has 0 aromatic heterocycles. The SMILES string of the molecule is CCN1CCN(CCCNC(=O)C2CCCN2C(=O)C(C)(C)C)CC1. The summed E-state index contributed by atoms with van der Waals surface area (Å²) in [5, 5.41) is 3.05. The molecule has 2 heterocycles. The van der Waals surface area contributed by atoms with Gasteiger partial charge in [-0.25, -0.2) is 0 Å². The Bertz CT molecular complexity index is 453. The minimum absolute atomic E-state index is 0.0194. The predicted octanol–water partition coefficient (Wildman–Crippen LogP) is 1.17. The van der Waals surface area contributed by atoms with Crippen LogP contribution in [0.2, 0.25) is 0 Å². The molecule has 0 bridgehead atoms. The third-order valence-electron chi connectivity index (χ3n) is 5.32. The van der Waals surface area contributed by atoms with Gasteiger partial charge in [-0.1, -0.05) is 27.7 Å². The number of nitrogens with zero attached hydrogens (tertiary/aromatic N) is 3. The van der Waals surface area contributed by atoms with Crippen molar-refractivity contribution in [1.29, 1.82) is 0 Å². The van der Waals surface area contributed by atoms with Gasteiger partial charge in [-0.2, -0.15) is 0 Å². The summed E-state index contributed by atoms with van der Waals surface area (Å²) < 4.78 is 0. The van der Waals surface area contributed by atoms with E-state index in [2.05, 4.69) is 22.0 Å². The van der Waals surface area contributed by atoms with Crippen LogP contribution < -0.4 is 5.32 Å². The Morgan fingerprint density at radius 1 is 1.04 bits per heavy atom. The molecule has 0 radical (unpaired) electrons. The fourth-order valence-electron chi connectivity index (χ4n) is 3.67. The smallest absolute Gasteiger partial charge is 0.242 e. The highest BCUT2D eigenvalue weighted by Crippen LogP contribution is 2.25. The highest BCUT2D eigenvalue weighted by atomic mass is 16.2. The van der Waals surface area contributed by atoms with E-state index in [4.69, 9.17) is 0 Å². The van der Waals surface area contributed by atoms with E-state index in [1.807, 2.05) is 20.8 Å². The summed E-state index contributed by atoms with van der Waals surface area (Å²) in [6, 6.07) is -0.278. The maximum Gasteiger partial charge on any atom is 0.242 e. The molecule has 0 saturated carbocycles. The molecule has 2 aliphatic heterocycles. The third-order valence-corrected chi connectivity index (χ3v) is 5.32. The van der Waals surface area contributed by atoms with E-state index in [9.17, 15) is 9.59 Å². The van der Waals surface area contributed by atoms with Crippen LogP contribution >= 0.6 is 0 Å². The number of carbonyl (C=O) groups is 2. The summed E-state index contributed by atoms with van der Waals surface area (Å²) in [6.07, 6.45) is 2.67. The predicted molar refractivity (Wildman–Crippen MR) is 100 cm³/mol. The standard InChI is InChI=1S/C19H36N4O2/c1-5-21-12-14-22(15-13-21)10-7-9-20-17(24)16-8-6-11-23(16)18(25)19(2,3)4/h16H,5-15H2,1-4H3,(H,20,24). The number of rotatable bonds is 6. The summed E-state index contributed by atoms with van der Waals surface area (Å²) >= 11 is 0. The van der Waals surface area contributed by atoms with E-state index in [1.54, 1.807) is 4.90 Å². The highest BCUT2D eigenvalue weighted by molar-refractivity contribution is 5.90. The Hall–Kier alpha value is -1.14. The van der Waals surface area contributed by atoms with E-state index in [0.717, 1.165) is 58.5 Å². The average molecular weight is 353 g/mol. The molecule has 1 unspecified atom stereocenters. The van der Waals surface area contributed by atoms with Crippen LogP contribution in [0.3, 0.4) is 0 Å². The van der Waals surface area contributed by atoms with Gasteiger partial charge in [0.05, 0.1) is 0 Å². The number of carbonyl (C=O) groups excluding carboxylic acids is 2. The quantitative estimate of drug-likeness (QED) is 0.729. The molecule has 144 valence electrons. The summed E-state index contributed by atoms with van der Waals surface area (Å²) in [6.45, 7) is 16.1. The monoisotopic (exact) mass is 352 g/mol. The Kier molecular flexibility index (Phi) is 7.25. The number of hydrogen-bond acceptors (Lipinski definition) is 4. The minimum atomic E-state index is -0.427. The fourth-order valence-corrected chi connectivity index (χ4v) is 3.67. The second-order valence-corrected chi connectivity index (χ2v) is 8.33. The van der Waals surface area contributed by atoms with Crippen molar-refractivity contribution in [3.05, 3.63) is 0 Å². The van der Waals surface area contributed by atoms with Crippen LogP contribution in [0.25, 0.3) is 0 Å². The lowest BCUT2D eigenvalue weighted by Crippen LogP contribution is -2.50. The van der Waals surface area contributed by atoms with Gasteiger partial charge >= 0.3 is 0 Å². The van der Waals surface area contributed by atoms with Crippen LogP contribution in [0.4, 0.5) is 0 Å². The summed E-state index contributed by atoms with van der Waals surface area (Å²) in [5.41, 5.74) is -0.427. The van der Waals surface area contributed by atoms with Gasteiger partial charge < -0.3 is 20.0 Å². The van der Waals surface area contributed by atoms with Crippen molar-refractivity contribution in [1.82, 2.24) is 20.0 Å². The van der Waals surface area contributed by atoms with E-state index < -0.39 is 5.41 Å². The van der Waals surface area contributed by atoms with Crippen molar-refractivity contribution in [3.8, 4) is 0 Å². The van der Waals surface area contributed by atoms with Crippen LogP contribution in [0.5, 0.6) is 0 Å². The molecule has 2 saturated heterocycles. The number of amides is 2. The second-order valence-electron chi connectivity index (χ2n) is 8.33. The molecule has 0 aromatic rings. The number of likely N-dealkylation sites (tertiary alicyclic amines) is 1. The number of hydrogen-bond donors (Lipinski definition) is 1. The lowest BCUT2D eigenvalue weighted by Gasteiger charge is -2.34. The first-order valence-corrected chi connectivity index (χ1v) is 9.86. The average Bonchev–Trinajstić information content (AvgIpc) is 3.07. The van der Waals surface area contributed by atoms with Gasteiger partial charge in [-0.3, -0.25) is 9.59 Å². The normalized spacial score (nSPS) is 23.0. The molecular weight excluding hydrogens is 316 g/mol. The van der Waals surface area contributed by atoms with Gasteiger partial charge in [0.25, 0.3) is 0 Å². The minimum Gasteiger partial charge on any atom is -0.354 e. The molecule has 0 spiro atoms. The summed E-state index contributed by atoms with van der Waals surface area (Å²) in [4.78, 5) is 31.7. The lowest BCUT2D eigenvalue weighted by atomic mass is 9.94. The van der Waals surface area contributed by atoms with Crippen LogP contribution in [0.15, 0.2) is 0 Å². The van der Waals surface area contributed by atoms with E-state index >= 15 is 0 Å². The van der Waals surface area contributed by atoms with Gasteiger partial charge in [-0.15, -0.1) is 0 Å². The lowest BCUT2D eigenvalue weighted by molar-refractivity contribution is -0.144. The molecule has 0 aliphatic carbocycles. The van der Waals surface area contributed by atoms with Gasteiger partial charge in [0.2, 0.25) is 11.8 Å². The van der Waals surface area contributed by atoms with Crippen molar-refractivity contribution in [2.75, 3.05) is 52.4 Å². The fraction of sp³-hybridized carbons (Fsp3) is 0.895. The largest absolute Gasteiger partial charge is 0.354 e. The number of piperazine rings is 1. The zero-order valence-corrected chi connectivity index (χ0v) is 16.5. The van der Waals surface area contributed by atoms with Gasteiger partial charge in [0.1, 0.15) is 6.04 Å². The Balaban J connectivity index is 1.69. The van der Waals surface area contributed by atoms with Gasteiger partial charge in [0, 0.05) is 44.7 Å². The maximum atomic E-state index is 12.5. The van der Waals surface area contributed by atoms with E-state index in [1.165, 1.54) is 0 Å². The summed E-state index contributed by atoms with van der Waals surface area (Å²) in [5.74, 6) is 0.102. The topological polar surface area (TPSA) is 55.9 Å². The van der Waals surface area contributed by atoms with Crippen molar-refractivity contribution in [2.24, 2.45) is 5.41 Å². The zero-order valence-electron chi connectivity index (χ0n) is 16.5. The summed E-state index contributed by atoms with van der Waals surface area (Å²) in [7, 11) is 0. The van der Waals surface area contributed by atoms with Crippen LogP contribution in [-0.2, 0) is 9.59 Å². The molecule has 25 heavy (non-hydrogen) atoms. The highest BCUT2D eigenvalue weighted by Gasteiger charge is 2.38. The number of likely N-dealkylation sites (N-methyl/N-ethyl adjacent to an activating group) is 1. The first-order valence-electron chi connectivity index (χ1n) is 9.86. The van der Waals surface area contributed by atoms with Crippen LogP contribution in [0.1, 0.15) is 47.0 Å². The van der Waals surface area contributed by atoms with Crippen molar-refractivity contribution in [2.45, 2.75) is 53.0 Å². The maximum absolute atomic E-state index is 12.5. The first-order chi connectivity index (χ1) is 11.8. The molecule has 6 nitrogen and oxygen atoms in total. The van der Waals surface area contributed by atoms with Crippen molar-refractivity contribution >= 4 is 11.8 Å². The first kappa shape index (κ1) is 20.2. The second kappa shape index (κ2) is 8.99. The van der Waals surface area contributed by atoms with Gasteiger partial charge in [0.15, 0.2) is 0 Å². The van der Waals surface area contributed by atoms with Crippen molar-refractivity contribution < 1.29 is 9.59 Å². The third kappa shape index (κ3) is 5.68. The molecule has 2 aliphatic rings. The Labute approximate surface area is 152 Å². The van der Waals surface area contributed by atoms with Crippen molar-refractivity contribution in [3.63, 3.8) is 0 Å². The molecule has 2 rings (SSSR count). The molecule has 2 fully saturated rings. The zero-order chi connectivity index (χ0) is 18.4. The van der Waals surface area contributed by atoms with Crippen LogP contribution in [0, 0.1) is 5.41 Å². The van der Waals surface area contributed by atoms with Gasteiger partial charge in [-0.05, 0) is 32.4 Å². The number of nitrogens with one attached hydrogen (secondary N) is 1. The molecular formula is C19H36N4O2. The Morgan fingerprint density at radius 2 is 1.68 bits per heavy atom. The molecule has 1 atom stereocenters. The van der Waals surface area contributed by atoms with E-state index in [-0.39, 0.29) is 17.9 Å².